The molecule has 132 heavy (non-hydrogen) atoms. The Morgan fingerprint density at radius 2 is 0.523 bits per heavy atom. The van der Waals surface area contributed by atoms with Crippen LogP contribution in [0.1, 0.15) is 25.3 Å². The van der Waals surface area contributed by atoms with Crippen molar-refractivity contribution in [2.45, 2.75) is 19.8 Å². The molecule has 0 aliphatic heterocycles. The van der Waals surface area contributed by atoms with Crippen LogP contribution in [0, 0.1) is 0 Å². The Balaban J connectivity index is 0.000000101. The van der Waals surface area contributed by atoms with Gasteiger partial charge in [0.25, 0.3) is 0 Å². The third-order valence-corrected chi connectivity index (χ3v) is 24.5. The number of hydrogen-bond donors (Lipinski definition) is 0. The first-order chi connectivity index (χ1) is 65.2. The molecule has 9 heterocycles. The lowest BCUT2D eigenvalue weighted by Crippen LogP contribution is -2.09. The van der Waals surface area contributed by atoms with E-state index in [0.717, 1.165) is 124 Å². The molecule has 0 unspecified atom stereocenters. The van der Waals surface area contributed by atoms with Gasteiger partial charge in [-0.1, -0.05) is 299 Å². The highest BCUT2D eigenvalue weighted by molar-refractivity contribution is 6.09. The Morgan fingerprint density at radius 1 is 0.250 bits per heavy atom. The molecular formula is C117H82N10O5. The first kappa shape index (κ1) is 78.9. The smallest absolute Gasteiger partial charge is 0.306 e. The number of nitrogens with zero attached hydrogens (tertiary/aromatic N) is 10. The van der Waals surface area contributed by atoms with E-state index < -0.39 is 0 Å². The zero-order valence-electron chi connectivity index (χ0n) is 71.9. The van der Waals surface area contributed by atoms with Crippen LogP contribution in [0.25, 0.3) is 184 Å². The van der Waals surface area contributed by atoms with Crippen LogP contribution in [0.2, 0.25) is 0 Å². The number of anilines is 3. The fourth-order valence-corrected chi connectivity index (χ4v) is 18.1. The van der Waals surface area contributed by atoms with Crippen molar-refractivity contribution in [2.24, 2.45) is 0 Å². The van der Waals surface area contributed by atoms with E-state index in [1.807, 2.05) is 97.0 Å². The van der Waals surface area contributed by atoms with Gasteiger partial charge in [-0.3, -0.25) is 17.6 Å². The summed E-state index contributed by atoms with van der Waals surface area (Å²) < 4.78 is 38.9. The number of imidazole rings is 4. The fourth-order valence-electron chi connectivity index (χ4n) is 18.1. The number of aromatic nitrogens is 9. The van der Waals surface area contributed by atoms with E-state index in [4.69, 9.17) is 42.3 Å². The highest BCUT2D eigenvalue weighted by Crippen LogP contribution is 2.44. The number of para-hydroxylation sites is 5. The molecule has 0 fully saturated rings. The van der Waals surface area contributed by atoms with Gasteiger partial charge in [-0.2, -0.15) is 19.9 Å². The Kier molecular flexibility index (Phi) is 20.4. The molecule has 0 spiro atoms. The molecule has 26 aromatic rings. The van der Waals surface area contributed by atoms with Crippen molar-refractivity contribution in [3.05, 3.63) is 462 Å². The zero-order chi connectivity index (χ0) is 88.0. The van der Waals surface area contributed by atoms with Gasteiger partial charge in [0, 0.05) is 103 Å². The highest BCUT2D eigenvalue weighted by atomic mass is 16.5. The summed E-state index contributed by atoms with van der Waals surface area (Å²) in [6.45, 7) is 4.42. The minimum absolute atomic E-state index is 0.512. The molecular weight excluding hydrogens is 1630 g/mol. The predicted molar refractivity (Wildman–Crippen MR) is 533 cm³/mol. The molecule has 0 amide bonds. The SMILES string of the molecule is CC(C)c1ccc(-c2c(-c3ccc4ccccc4c3)nc3occn23)cc1.c1ccc(N(c2ccccc2)c2ccc(-c3c(-c4ccc5ccccc5c4)nc4occn34)cc2)cc1.c1ccc(Oc2ccc(-c3c(-c4ccc5ccccc5c4)nc4occn34)cc2)cc1.c1ccc2cc(-c3nc4occn4c3-c3ccc(-n4c5ccccc5c5ccccc54)cc3)ccc2c1. The van der Waals surface area contributed by atoms with E-state index in [-0.39, 0.29) is 0 Å². The molecule has 15 nitrogen and oxygen atoms in total. The van der Waals surface area contributed by atoms with Gasteiger partial charge in [0.15, 0.2) is 0 Å². The lowest BCUT2D eigenvalue weighted by Gasteiger charge is -2.25. The van der Waals surface area contributed by atoms with E-state index in [2.05, 4.69) is 375 Å². The Hall–Kier alpha value is -17.8. The highest BCUT2D eigenvalue weighted by Gasteiger charge is 2.25. The van der Waals surface area contributed by atoms with Gasteiger partial charge < -0.3 is 31.9 Å². The number of ether oxygens (including phenoxy) is 1. The quantitative estimate of drug-likeness (QED) is 0.0974. The van der Waals surface area contributed by atoms with E-state index in [1.165, 1.54) is 70.5 Å². The number of benzene rings is 17. The van der Waals surface area contributed by atoms with Gasteiger partial charge in [0.2, 0.25) is 0 Å². The number of rotatable bonds is 15. The molecule has 9 aromatic heterocycles. The molecule has 630 valence electrons. The van der Waals surface area contributed by atoms with Crippen LogP contribution in [0.4, 0.5) is 17.1 Å². The third-order valence-electron chi connectivity index (χ3n) is 24.5. The van der Waals surface area contributed by atoms with E-state index >= 15 is 0 Å². The molecule has 15 heteroatoms. The third kappa shape index (κ3) is 15.0. The molecule has 0 atom stereocenters. The fraction of sp³-hybridized carbons (Fsp3) is 0.0256. The molecule has 0 saturated heterocycles. The molecule has 17 aromatic carbocycles. The summed E-state index contributed by atoms with van der Waals surface area (Å²) >= 11 is 0. The van der Waals surface area contributed by atoms with Crippen LogP contribution in [-0.2, 0) is 0 Å². The van der Waals surface area contributed by atoms with Crippen LogP contribution in [-0.4, -0.2) is 42.1 Å². The van der Waals surface area contributed by atoms with Crippen molar-refractivity contribution < 1.29 is 22.4 Å². The molecule has 0 N–H and O–H groups in total. The molecule has 0 saturated carbocycles. The average Bonchev–Trinajstić information content (AvgIpc) is 1.55. The molecule has 0 radical (unpaired) electrons. The van der Waals surface area contributed by atoms with E-state index in [1.54, 1.807) is 25.1 Å². The maximum absolute atomic E-state index is 5.95. The largest absolute Gasteiger partial charge is 0.457 e. The molecule has 26 rings (SSSR count). The summed E-state index contributed by atoms with van der Waals surface area (Å²) in [5.74, 6) is 4.47. The van der Waals surface area contributed by atoms with Crippen molar-refractivity contribution in [3.63, 3.8) is 0 Å². The van der Waals surface area contributed by atoms with Gasteiger partial charge in [0.1, 0.15) is 59.3 Å². The Bertz CT molecular complexity index is 8560. The maximum Gasteiger partial charge on any atom is 0.306 e. The minimum Gasteiger partial charge on any atom is -0.457 e. The van der Waals surface area contributed by atoms with Crippen molar-refractivity contribution in [1.82, 2.24) is 42.1 Å². The molecule has 0 aliphatic carbocycles. The van der Waals surface area contributed by atoms with Crippen molar-refractivity contribution in [2.75, 3.05) is 4.90 Å². The van der Waals surface area contributed by atoms with Crippen LogP contribution in [0.3, 0.4) is 0 Å². The average molecular weight is 1710 g/mol. The first-order valence-electron chi connectivity index (χ1n) is 44.1. The standard InChI is InChI=1S/C33H21N3O.C33H23N3O.C27H18N2O2.C24H20N2O/c1-2-8-24-21-25(14-13-22(24)7-1)31-32(35-19-20-37-33(35)34-31)23-15-17-26(18-16-23)36-29-11-5-3-9-27(29)28-10-4-6-12-30(28)36;1-3-11-28(12-4-1)36(29-13-5-2-6-14-29)30-19-17-25(18-20-30)32-31(34-33-35(32)21-22-37-33)27-16-15-24-9-7-8-10-26(24)23-27;1-2-8-23(9-3-1)31-24-14-12-20(13-15-24)26-25(28-27-29(26)16-17-30-27)22-11-10-19-6-4-5-7-21(19)18-22;1-16(2)17-7-10-19(11-8-17)23-22(25-24-26(23)13-14-27-24)21-12-9-18-5-3-4-6-20(18)15-21/h1-21H;1-23H;1-18H;3-16H,1-2H3. The summed E-state index contributed by atoms with van der Waals surface area (Å²) in [5.41, 5.74) is 24.5. The number of fused-ring (bicyclic) bond motifs is 11. The predicted octanol–water partition coefficient (Wildman–Crippen LogP) is 31.1. The Morgan fingerprint density at radius 3 is 0.871 bits per heavy atom. The molecule has 0 bridgehead atoms. The van der Waals surface area contributed by atoms with E-state index in [9.17, 15) is 0 Å². The van der Waals surface area contributed by atoms with Crippen LogP contribution in [0.15, 0.2) is 474 Å². The summed E-state index contributed by atoms with van der Waals surface area (Å²) in [5, 5.41) is 12.2. The van der Waals surface area contributed by atoms with Crippen molar-refractivity contribution in [1.29, 1.82) is 0 Å². The van der Waals surface area contributed by atoms with E-state index in [0.29, 0.717) is 29.3 Å². The summed E-state index contributed by atoms with van der Waals surface area (Å²) in [7, 11) is 0. The second-order valence-electron chi connectivity index (χ2n) is 32.9. The van der Waals surface area contributed by atoms with Crippen LogP contribution < -0.4 is 9.64 Å². The summed E-state index contributed by atoms with van der Waals surface area (Å²) in [4.78, 5) is 21.6. The topological polar surface area (TPSA) is 139 Å². The summed E-state index contributed by atoms with van der Waals surface area (Å²) in [6.07, 6.45) is 14.4. The summed E-state index contributed by atoms with van der Waals surface area (Å²) in [6, 6.07) is 141. The monoisotopic (exact) mass is 1710 g/mol. The lowest BCUT2D eigenvalue weighted by atomic mass is 9.98. The lowest BCUT2D eigenvalue weighted by molar-refractivity contribution is 0.483. The second kappa shape index (κ2) is 34.2. The first-order valence-corrected chi connectivity index (χ1v) is 44.1. The van der Waals surface area contributed by atoms with Crippen LogP contribution in [0.5, 0.6) is 11.5 Å². The maximum atomic E-state index is 5.95. The Labute approximate surface area is 758 Å². The normalized spacial score (nSPS) is 11.5. The molecule has 0 aliphatic rings. The minimum atomic E-state index is 0.512. The van der Waals surface area contributed by atoms with Gasteiger partial charge in [0.05, 0.1) is 33.8 Å². The van der Waals surface area contributed by atoms with Crippen LogP contribution >= 0.6 is 0 Å². The second-order valence-corrected chi connectivity index (χ2v) is 32.9. The van der Waals surface area contributed by atoms with Crippen molar-refractivity contribution in [3.8, 4) is 107 Å². The van der Waals surface area contributed by atoms with Gasteiger partial charge in [-0.15, -0.1) is 0 Å². The number of hydrogen-bond acceptors (Lipinski definition) is 10. The zero-order valence-corrected chi connectivity index (χ0v) is 71.9. The van der Waals surface area contributed by atoms with Crippen molar-refractivity contribution >= 4 is 105 Å². The van der Waals surface area contributed by atoms with Gasteiger partial charge >= 0.3 is 23.4 Å². The van der Waals surface area contributed by atoms with Gasteiger partial charge in [-0.05, 0) is 176 Å². The van der Waals surface area contributed by atoms with Gasteiger partial charge in [-0.25, -0.2) is 0 Å². The number of oxazole rings is 4.